The van der Waals surface area contributed by atoms with Gasteiger partial charge in [-0.05, 0) is 61.7 Å². The SMILES string of the molecule is Cc1ccc(S(=O)(=O)N2CCN(Cc3ccc(C(=O)Nc4c(C)cccc4C)cc3)CC2)cc1. The molecule has 34 heavy (non-hydrogen) atoms. The van der Waals surface area contributed by atoms with E-state index >= 15 is 0 Å². The minimum Gasteiger partial charge on any atom is -0.322 e. The number of para-hydroxylation sites is 1. The lowest BCUT2D eigenvalue weighted by Crippen LogP contribution is -2.48. The molecule has 0 aliphatic carbocycles. The molecule has 1 amide bonds. The fourth-order valence-electron chi connectivity index (χ4n) is 4.20. The van der Waals surface area contributed by atoms with Gasteiger partial charge in [0, 0.05) is 44.0 Å². The highest BCUT2D eigenvalue weighted by Crippen LogP contribution is 2.21. The second kappa shape index (κ2) is 10.1. The maximum atomic E-state index is 12.9. The predicted octanol–water partition coefficient (Wildman–Crippen LogP) is 4.37. The summed E-state index contributed by atoms with van der Waals surface area (Å²) in [5.74, 6) is -0.126. The Morgan fingerprint density at radius 3 is 2.00 bits per heavy atom. The number of benzene rings is 3. The third-order valence-corrected chi connectivity index (χ3v) is 8.24. The molecule has 0 radical (unpaired) electrons. The smallest absolute Gasteiger partial charge is 0.255 e. The van der Waals surface area contributed by atoms with Gasteiger partial charge < -0.3 is 5.32 Å². The van der Waals surface area contributed by atoms with Gasteiger partial charge in [0.2, 0.25) is 10.0 Å². The summed E-state index contributed by atoms with van der Waals surface area (Å²) in [6, 6.07) is 20.6. The molecular formula is C27H31N3O3S. The molecule has 0 atom stereocenters. The average Bonchev–Trinajstić information content (AvgIpc) is 2.82. The van der Waals surface area contributed by atoms with Gasteiger partial charge in [-0.1, -0.05) is 48.0 Å². The van der Waals surface area contributed by atoms with Crippen molar-refractivity contribution in [2.75, 3.05) is 31.5 Å². The van der Waals surface area contributed by atoms with Crippen LogP contribution in [0.4, 0.5) is 5.69 Å². The fourth-order valence-corrected chi connectivity index (χ4v) is 5.63. The Labute approximate surface area is 202 Å². The first-order chi connectivity index (χ1) is 16.2. The van der Waals surface area contributed by atoms with E-state index in [4.69, 9.17) is 0 Å². The molecule has 1 saturated heterocycles. The normalized spacial score (nSPS) is 15.3. The van der Waals surface area contributed by atoms with E-state index in [1.165, 1.54) is 0 Å². The van der Waals surface area contributed by atoms with Crippen LogP contribution in [0, 0.1) is 20.8 Å². The molecule has 7 heteroatoms. The number of piperazine rings is 1. The van der Waals surface area contributed by atoms with E-state index in [9.17, 15) is 13.2 Å². The summed E-state index contributed by atoms with van der Waals surface area (Å²) in [5, 5.41) is 3.02. The van der Waals surface area contributed by atoms with Crippen molar-refractivity contribution in [3.05, 3.63) is 94.5 Å². The van der Waals surface area contributed by atoms with Gasteiger partial charge in [-0.2, -0.15) is 4.31 Å². The molecule has 1 fully saturated rings. The highest BCUT2D eigenvalue weighted by Gasteiger charge is 2.28. The molecule has 1 aliphatic rings. The fraction of sp³-hybridized carbons (Fsp3) is 0.296. The van der Waals surface area contributed by atoms with Crippen molar-refractivity contribution < 1.29 is 13.2 Å². The number of nitrogens with one attached hydrogen (secondary N) is 1. The molecular weight excluding hydrogens is 446 g/mol. The molecule has 178 valence electrons. The first kappa shape index (κ1) is 24.1. The number of carbonyl (C=O) groups is 1. The number of anilines is 1. The zero-order chi connectivity index (χ0) is 24.3. The van der Waals surface area contributed by atoms with Crippen molar-refractivity contribution in [2.45, 2.75) is 32.2 Å². The van der Waals surface area contributed by atoms with Crippen LogP contribution in [-0.2, 0) is 16.6 Å². The van der Waals surface area contributed by atoms with E-state index in [2.05, 4.69) is 10.2 Å². The zero-order valence-corrected chi connectivity index (χ0v) is 20.7. The number of rotatable bonds is 6. The van der Waals surface area contributed by atoms with E-state index in [0.717, 1.165) is 34.5 Å². The van der Waals surface area contributed by atoms with Gasteiger partial charge in [0.25, 0.3) is 5.91 Å². The number of amides is 1. The average molecular weight is 478 g/mol. The molecule has 1 N–H and O–H groups in total. The largest absolute Gasteiger partial charge is 0.322 e. The van der Waals surface area contributed by atoms with Crippen LogP contribution in [0.25, 0.3) is 0 Å². The van der Waals surface area contributed by atoms with Crippen LogP contribution >= 0.6 is 0 Å². The van der Waals surface area contributed by atoms with Crippen LogP contribution in [0.1, 0.15) is 32.6 Å². The maximum Gasteiger partial charge on any atom is 0.255 e. The summed E-state index contributed by atoms with van der Waals surface area (Å²) in [5.41, 5.74) is 5.67. The Hall–Kier alpha value is -3.00. The van der Waals surface area contributed by atoms with Crippen molar-refractivity contribution in [3.8, 4) is 0 Å². The predicted molar refractivity (Wildman–Crippen MR) is 136 cm³/mol. The molecule has 1 heterocycles. The number of nitrogens with zero attached hydrogens (tertiary/aromatic N) is 2. The van der Waals surface area contributed by atoms with Crippen LogP contribution in [0.15, 0.2) is 71.6 Å². The summed E-state index contributed by atoms with van der Waals surface area (Å²) < 4.78 is 27.4. The molecule has 0 saturated carbocycles. The first-order valence-electron chi connectivity index (χ1n) is 11.5. The second-order valence-corrected chi connectivity index (χ2v) is 10.8. The van der Waals surface area contributed by atoms with Crippen molar-refractivity contribution in [1.82, 2.24) is 9.21 Å². The Morgan fingerprint density at radius 1 is 0.824 bits per heavy atom. The van der Waals surface area contributed by atoms with E-state index < -0.39 is 10.0 Å². The zero-order valence-electron chi connectivity index (χ0n) is 19.9. The Balaban J connectivity index is 1.33. The Kier molecular flexibility index (Phi) is 7.16. The van der Waals surface area contributed by atoms with Crippen LogP contribution in [0.3, 0.4) is 0 Å². The topological polar surface area (TPSA) is 69.7 Å². The monoisotopic (exact) mass is 477 g/mol. The number of hydrogen-bond donors (Lipinski definition) is 1. The van der Waals surface area contributed by atoms with Gasteiger partial charge in [0.15, 0.2) is 0 Å². The van der Waals surface area contributed by atoms with Crippen molar-refractivity contribution in [1.29, 1.82) is 0 Å². The van der Waals surface area contributed by atoms with Gasteiger partial charge in [0.05, 0.1) is 4.90 Å². The standard InChI is InChI=1S/C27H31N3O3S/c1-20-7-13-25(14-8-20)34(32,33)30-17-15-29(16-18-30)19-23-9-11-24(12-10-23)27(31)28-26-21(2)5-4-6-22(26)3/h4-14H,15-19H2,1-3H3,(H,28,31). The minimum atomic E-state index is -3.46. The van der Waals surface area contributed by atoms with Crippen LogP contribution in [-0.4, -0.2) is 49.7 Å². The van der Waals surface area contributed by atoms with Crippen LogP contribution in [0.5, 0.6) is 0 Å². The quantitative estimate of drug-likeness (QED) is 0.572. The summed E-state index contributed by atoms with van der Waals surface area (Å²) in [6.07, 6.45) is 0. The molecule has 0 unspecified atom stereocenters. The summed E-state index contributed by atoms with van der Waals surface area (Å²) >= 11 is 0. The molecule has 0 spiro atoms. The highest BCUT2D eigenvalue weighted by atomic mass is 32.2. The van der Waals surface area contributed by atoms with Gasteiger partial charge in [-0.25, -0.2) is 8.42 Å². The van der Waals surface area contributed by atoms with E-state index in [-0.39, 0.29) is 5.91 Å². The number of aryl methyl sites for hydroxylation is 3. The van der Waals surface area contributed by atoms with Crippen molar-refractivity contribution in [3.63, 3.8) is 0 Å². The lowest BCUT2D eigenvalue weighted by Gasteiger charge is -2.34. The van der Waals surface area contributed by atoms with E-state index in [0.29, 0.717) is 36.6 Å². The molecule has 1 aliphatic heterocycles. The van der Waals surface area contributed by atoms with Gasteiger partial charge in [-0.3, -0.25) is 9.69 Å². The van der Waals surface area contributed by atoms with Crippen molar-refractivity contribution in [2.24, 2.45) is 0 Å². The second-order valence-electron chi connectivity index (χ2n) is 8.91. The first-order valence-corrected chi connectivity index (χ1v) is 12.9. The number of hydrogen-bond acceptors (Lipinski definition) is 4. The maximum absolute atomic E-state index is 12.9. The van der Waals surface area contributed by atoms with E-state index in [1.54, 1.807) is 16.4 Å². The molecule has 3 aromatic carbocycles. The number of carbonyl (C=O) groups excluding carboxylic acids is 1. The molecule has 0 aromatic heterocycles. The molecule has 3 aromatic rings. The number of sulfonamides is 1. The summed E-state index contributed by atoms with van der Waals surface area (Å²) in [7, 11) is -3.46. The van der Waals surface area contributed by atoms with Gasteiger partial charge in [0.1, 0.15) is 0 Å². The van der Waals surface area contributed by atoms with Crippen LogP contribution < -0.4 is 5.32 Å². The molecule has 0 bridgehead atoms. The highest BCUT2D eigenvalue weighted by molar-refractivity contribution is 7.89. The molecule has 4 rings (SSSR count). The Bertz CT molecular complexity index is 1240. The van der Waals surface area contributed by atoms with Gasteiger partial charge >= 0.3 is 0 Å². The molecule has 6 nitrogen and oxygen atoms in total. The minimum absolute atomic E-state index is 0.126. The third-order valence-electron chi connectivity index (χ3n) is 6.33. The van der Waals surface area contributed by atoms with Crippen LogP contribution in [0.2, 0.25) is 0 Å². The summed E-state index contributed by atoms with van der Waals surface area (Å²) in [4.78, 5) is 15.3. The Morgan fingerprint density at radius 2 is 1.41 bits per heavy atom. The third kappa shape index (κ3) is 5.38. The van der Waals surface area contributed by atoms with Crippen molar-refractivity contribution >= 4 is 21.6 Å². The van der Waals surface area contributed by atoms with Gasteiger partial charge in [-0.15, -0.1) is 0 Å². The lowest BCUT2D eigenvalue weighted by atomic mass is 10.1. The lowest BCUT2D eigenvalue weighted by molar-refractivity contribution is 0.102. The summed E-state index contributed by atoms with van der Waals surface area (Å²) in [6.45, 7) is 8.89. The van der Waals surface area contributed by atoms with E-state index in [1.807, 2.05) is 75.4 Å².